The molecule has 5 N–H and O–H groups in total. The largest absolute Gasteiger partial charge is 0.370 e. The van der Waals surface area contributed by atoms with Crippen LogP contribution in [0.3, 0.4) is 0 Å². The molecule has 0 aliphatic carbocycles. The third-order valence-electron chi connectivity index (χ3n) is 2.35. The van der Waals surface area contributed by atoms with Crippen LogP contribution in [0.4, 0.5) is 4.39 Å². The maximum Gasteiger partial charge on any atom is 0.233 e. The van der Waals surface area contributed by atoms with E-state index in [1.165, 1.54) is 11.0 Å². The summed E-state index contributed by atoms with van der Waals surface area (Å²) in [7, 11) is 1.57. The molecular weight excluding hydrogens is 281 g/mol. The second-order valence-corrected chi connectivity index (χ2v) is 4.94. The Labute approximate surface area is 120 Å². The highest BCUT2D eigenvalue weighted by Gasteiger charge is 2.12. The van der Waals surface area contributed by atoms with E-state index >= 15 is 0 Å². The molecule has 0 aromatic heterocycles. The molecule has 1 amide bonds. The first-order valence-electron chi connectivity index (χ1n) is 5.68. The van der Waals surface area contributed by atoms with Gasteiger partial charge in [-0.3, -0.25) is 10.2 Å². The first kappa shape index (κ1) is 16.0. The zero-order valence-corrected chi connectivity index (χ0v) is 11.8. The third-order valence-corrected chi connectivity index (χ3v) is 3.11. The van der Waals surface area contributed by atoms with Crippen molar-refractivity contribution in [3.63, 3.8) is 0 Å². The average Bonchev–Trinajstić information content (AvgIpc) is 2.37. The van der Waals surface area contributed by atoms with Crippen molar-refractivity contribution in [2.24, 2.45) is 16.5 Å². The summed E-state index contributed by atoms with van der Waals surface area (Å²) >= 11 is 0.907. The first-order valence-corrected chi connectivity index (χ1v) is 6.67. The van der Waals surface area contributed by atoms with Gasteiger partial charge in [-0.2, -0.15) is 4.99 Å². The lowest BCUT2D eigenvalue weighted by Crippen LogP contribution is -2.29. The predicted octanol–water partition coefficient (Wildman–Crippen LogP) is 0.725. The topological polar surface area (TPSA) is 109 Å². The highest BCUT2D eigenvalue weighted by atomic mass is 32.2. The van der Waals surface area contributed by atoms with Gasteiger partial charge in [-0.1, -0.05) is 30.0 Å². The quantitative estimate of drug-likeness (QED) is 0.562. The Balaban J connectivity index is 2.50. The van der Waals surface area contributed by atoms with Crippen LogP contribution < -0.4 is 11.5 Å². The van der Waals surface area contributed by atoms with Crippen LogP contribution in [0.5, 0.6) is 0 Å². The van der Waals surface area contributed by atoms with Gasteiger partial charge in [0.2, 0.25) is 5.91 Å². The van der Waals surface area contributed by atoms with Gasteiger partial charge in [0.1, 0.15) is 5.82 Å². The van der Waals surface area contributed by atoms with Crippen LogP contribution in [-0.2, 0) is 11.3 Å². The number of nitrogens with zero attached hydrogens (tertiary/aromatic N) is 2. The summed E-state index contributed by atoms with van der Waals surface area (Å²) in [5, 5.41) is 7.25. The molecule has 8 heteroatoms. The fraction of sp³-hybridized carbons (Fsp3) is 0.250. The van der Waals surface area contributed by atoms with E-state index in [2.05, 4.69) is 4.99 Å². The van der Waals surface area contributed by atoms with Crippen molar-refractivity contribution in [3.05, 3.63) is 35.6 Å². The fourth-order valence-corrected chi connectivity index (χ4v) is 2.01. The molecule has 1 aromatic rings. The zero-order valence-electron chi connectivity index (χ0n) is 11.0. The normalized spacial score (nSPS) is 9.90. The Kier molecular flexibility index (Phi) is 5.98. The highest BCUT2D eigenvalue weighted by molar-refractivity contribution is 8.14. The van der Waals surface area contributed by atoms with Crippen molar-refractivity contribution in [2.45, 2.75) is 6.54 Å². The number of carbonyl (C=O) groups excluding carboxylic acids is 1. The molecule has 0 saturated carbocycles. The molecule has 0 spiro atoms. The van der Waals surface area contributed by atoms with Crippen LogP contribution >= 0.6 is 11.8 Å². The summed E-state index contributed by atoms with van der Waals surface area (Å²) in [5.74, 6) is -0.808. The fourth-order valence-electron chi connectivity index (χ4n) is 1.36. The van der Waals surface area contributed by atoms with Gasteiger partial charge in [0.15, 0.2) is 11.1 Å². The lowest BCUT2D eigenvalue weighted by Gasteiger charge is -2.17. The molecule has 0 unspecified atom stereocenters. The molecule has 0 saturated heterocycles. The second-order valence-electron chi connectivity index (χ2n) is 3.97. The van der Waals surface area contributed by atoms with Crippen molar-refractivity contribution in [2.75, 3.05) is 12.8 Å². The Bertz CT molecular complexity index is 530. The maximum atomic E-state index is 13.4. The molecule has 6 nitrogen and oxygen atoms in total. The lowest BCUT2D eigenvalue weighted by atomic mass is 10.2. The number of amidine groups is 1. The third kappa shape index (κ3) is 5.27. The van der Waals surface area contributed by atoms with E-state index in [4.69, 9.17) is 16.9 Å². The van der Waals surface area contributed by atoms with Crippen LogP contribution in [0.2, 0.25) is 0 Å². The molecule has 0 heterocycles. The molecular formula is C12H16FN5OS. The van der Waals surface area contributed by atoms with Gasteiger partial charge < -0.3 is 16.4 Å². The van der Waals surface area contributed by atoms with Gasteiger partial charge in [-0.25, -0.2) is 4.39 Å². The number of halogens is 1. The smallest absolute Gasteiger partial charge is 0.233 e. The van der Waals surface area contributed by atoms with Crippen LogP contribution in [0, 0.1) is 11.2 Å². The molecule has 1 aromatic carbocycles. The number of benzene rings is 1. The van der Waals surface area contributed by atoms with E-state index in [0.29, 0.717) is 5.56 Å². The molecule has 0 aliphatic rings. The summed E-state index contributed by atoms with van der Waals surface area (Å²) in [5.41, 5.74) is 10.7. The van der Waals surface area contributed by atoms with Crippen molar-refractivity contribution < 1.29 is 9.18 Å². The maximum absolute atomic E-state index is 13.4. The number of carbonyl (C=O) groups is 1. The van der Waals surface area contributed by atoms with Crippen LogP contribution in [0.1, 0.15) is 5.56 Å². The monoisotopic (exact) mass is 297 g/mol. The number of thioether (sulfide) groups is 1. The van der Waals surface area contributed by atoms with Gasteiger partial charge in [-0.05, 0) is 6.07 Å². The number of rotatable bonds is 4. The van der Waals surface area contributed by atoms with Crippen molar-refractivity contribution in [1.82, 2.24) is 4.90 Å². The lowest BCUT2D eigenvalue weighted by molar-refractivity contribution is -0.127. The van der Waals surface area contributed by atoms with Gasteiger partial charge in [0.25, 0.3) is 0 Å². The standard InChI is InChI=1S/C12H16FN5OS/c1-18(6-8-4-2-3-5-9(8)13)10(19)7-20-12(16)17-11(14)15/h2-5H,6-7H2,1H3,(H5,14,15,16,17). The molecule has 0 atom stereocenters. The zero-order chi connectivity index (χ0) is 15.1. The number of guanidine groups is 1. The Hall–Kier alpha value is -2.09. The SMILES string of the molecule is CN(Cc1ccccc1F)C(=O)CSC(=N)N=C(N)N. The molecule has 0 aliphatic heterocycles. The Morgan fingerprint density at radius 3 is 2.70 bits per heavy atom. The number of hydrogen-bond donors (Lipinski definition) is 3. The van der Waals surface area contributed by atoms with Crippen molar-refractivity contribution in [3.8, 4) is 0 Å². The highest BCUT2D eigenvalue weighted by Crippen LogP contribution is 2.11. The van der Waals surface area contributed by atoms with Crippen LogP contribution in [-0.4, -0.2) is 34.7 Å². The van der Waals surface area contributed by atoms with E-state index in [-0.39, 0.29) is 35.1 Å². The minimum absolute atomic E-state index is 0.0145. The predicted molar refractivity (Wildman–Crippen MR) is 78.9 cm³/mol. The van der Waals surface area contributed by atoms with Crippen LogP contribution in [0.15, 0.2) is 29.3 Å². The average molecular weight is 297 g/mol. The van der Waals surface area contributed by atoms with Crippen LogP contribution in [0.25, 0.3) is 0 Å². The first-order chi connectivity index (χ1) is 9.40. The summed E-state index contributed by atoms with van der Waals surface area (Å²) in [6.07, 6.45) is 0. The van der Waals surface area contributed by atoms with E-state index in [0.717, 1.165) is 11.8 Å². The Morgan fingerprint density at radius 1 is 1.45 bits per heavy atom. The number of aliphatic imine (C=N–C) groups is 1. The molecule has 20 heavy (non-hydrogen) atoms. The van der Waals surface area contributed by atoms with Gasteiger partial charge in [0.05, 0.1) is 5.75 Å². The van der Waals surface area contributed by atoms with Gasteiger partial charge in [0, 0.05) is 19.2 Å². The summed E-state index contributed by atoms with van der Waals surface area (Å²) in [6, 6.07) is 6.26. The summed E-state index contributed by atoms with van der Waals surface area (Å²) in [6.45, 7) is 0.168. The van der Waals surface area contributed by atoms with E-state index in [1.807, 2.05) is 0 Å². The minimum atomic E-state index is -0.354. The molecule has 108 valence electrons. The number of amides is 1. The summed E-state index contributed by atoms with van der Waals surface area (Å²) in [4.78, 5) is 16.7. The molecule has 0 radical (unpaired) electrons. The summed E-state index contributed by atoms with van der Waals surface area (Å²) < 4.78 is 13.4. The van der Waals surface area contributed by atoms with E-state index in [1.54, 1.807) is 25.2 Å². The number of nitrogens with two attached hydrogens (primary N) is 2. The van der Waals surface area contributed by atoms with E-state index in [9.17, 15) is 9.18 Å². The molecule has 0 fully saturated rings. The number of hydrogen-bond acceptors (Lipinski definition) is 3. The molecule has 1 rings (SSSR count). The van der Waals surface area contributed by atoms with Gasteiger partial charge in [-0.15, -0.1) is 0 Å². The Morgan fingerprint density at radius 2 is 2.10 bits per heavy atom. The van der Waals surface area contributed by atoms with Crippen molar-refractivity contribution >= 4 is 28.8 Å². The number of nitrogens with one attached hydrogen (secondary N) is 1. The minimum Gasteiger partial charge on any atom is -0.370 e. The van der Waals surface area contributed by atoms with Gasteiger partial charge >= 0.3 is 0 Å². The van der Waals surface area contributed by atoms with Crippen molar-refractivity contribution in [1.29, 1.82) is 5.41 Å². The van der Waals surface area contributed by atoms with E-state index < -0.39 is 0 Å². The molecule has 0 bridgehead atoms. The second kappa shape index (κ2) is 7.49.